The standard InChI is InChI=1S/C17H18BrClN2O3S2/c1-11(25-15-7-5-4-6-13(15)18)17(22)20-12-8-9-14(19)16(10-12)26(23,24)21(2)3/h4-11H,1-3H3,(H,20,22). The Morgan fingerprint density at radius 1 is 1.23 bits per heavy atom. The number of carbonyl (C=O) groups excluding carboxylic acids is 1. The first-order valence-corrected chi connectivity index (χ1v) is 11.1. The highest BCUT2D eigenvalue weighted by molar-refractivity contribution is 9.10. The second-order valence-electron chi connectivity index (χ2n) is 5.61. The lowest BCUT2D eigenvalue weighted by molar-refractivity contribution is -0.115. The van der Waals surface area contributed by atoms with Gasteiger partial charge in [0.25, 0.3) is 0 Å². The normalized spacial score (nSPS) is 12.8. The average molecular weight is 478 g/mol. The number of anilines is 1. The molecule has 2 aromatic carbocycles. The molecule has 1 atom stereocenters. The van der Waals surface area contributed by atoms with Crippen molar-refractivity contribution in [2.45, 2.75) is 22.0 Å². The van der Waals surface area contributed by atoms with Gasteiger partial charge in [0.15, 0.2) is 0 Å². The second-order valence-corrected chi connectivity index (χ2v) is 10.4. The molecular weight excluding hydrogens is 460 g/mol. The van der Waals surface area contributed by atoms with Crippen molar-refractivity contribution in [2.24, 2.45) is 0 Å². The van der Waals surface area contributed by atoms with Gasteiger partial charge >= 0.3 is 0 Å². The van der Waals surface area contributed by atoms with Gasteiger partial charge in [-0.1, -0.05) is 23.7 Å². The quantitative estimate of drug-likeness (QED) is 0.623. The molecule has 9 heteroatoms. The predicted octanol–water partition coefficient (Wildman–Crippen LogP) is 4.47. The van der Waals surface area contributed by atoms with E-state index in [1.807, 2.05) is 24.3 Å². The van der Waals surface area contributed by atoms with Gasteiger partial charge in [0, 0.05) is 29.2 Å². The molecule has 0 aliphatic carbocycles. The number of rotatable bonds is 6. The summed E-state index contributed by atoms with van der Waals surface area (Å²) in [6, 6.07) is 12.0. The van der Waals surface area contributed by atoms with Gasteiger partial charge in [-0.2, -0.15) is 0 Å². The number of sulfonamides is 1. The highest BCUT2D eigenvalue weighted by Crippen LogP contribution is 2.31. The van der Waals surface area contributed by atoms with E-state index in [0.717, 1.165) is 13.7 Å². The number of nitrogens with zero attached hydrogens (tertiary/aromatic N) is 1. The number of nitrogens with one attached hydrogen (secondary N) is 1. The van der Waals surface area contributed by atoms with Gasteiger partial charge in [0.05, 0.1) is 10.3 Å². The maximum absolute atomic E-state index is 12.5. The van der Waals surface area contributed by atoms with Crippen LogP contribution in [0.25, 0.3) is 0 Å². The number of hydrogen-bond acceptors (Lipinski definition) is 4. The summed E-state index contributed by atoms with van der Waals surface area (Å²) in [5, 5.41) is 2.47. The number of thioether (sulfide) groups is 1. The molecule has 1 N–H and O–H groups in total. The third kappa shape index (κ3) is 5.01. The van der Waals surface area contributed by atoms with Gasteiger partial charge in [-0.15, -0.1) is 11.8 Å². The van der Waals surface area contributed by atoms with Crippen molar-refractivity contribution in [3.8, 4) is 0 Å². The molecule has 1 unspecified atom stereocenters. The number of benzene rings is 2. The van der Waals surface area contributed by atoms with Crippen LogP contribution in [-0.2, 0) is 14.8 Å². The van der Waals surface area contributed by atoms with Crippen LogP contribution >= 0.6 is 39.3 Å². The summed E-state index contributed by atoms with van der Waals surface area (Å²) in [5.74, 6) is -0.235. The van der Waals surface area contributed by atoms with Crippen LogP contribution in [0, 0.1) is 0 Å². The fourth-order valence-electron chi connectivity index (χ4n) is 2.00. The summed E-state index contributed by atoms with van der Waals surface area (Å²) in [4.78, 5) is 13.4. The van der Waals surface area contributed by atoms with E-state index in [1.165, 1.54) is 38.0 Å². The molecular formula is C17H18BrClN2O3S2. The van der Waals surface area contributed by atoms with Gasteiger partial charge in [-0.25, -0.2) is 12.7 Å². The van der Waals surface area contributed by atoms with Gasteiger partial charge in [0.2, 0.25) is 15.9 Å². The number of hydrogen-bond donors (Lipinski definition) is 1. The average Bonchev–Trinajstić information content (AvgIpc) is 2.58. The van der Waals surface area contributed by atoms with Gasteiger partial charge in [-0.3, -0.25) is 4.79 Å². The highest BCUT2D eigenvalue weighted by Gasteiger charge is 2.22. The van der Waals surface area contributed by atoms with E-state index in [2.05, 4.69) is 21.2 Å². The summed E-state index contributed by atoms with van der Waals surface area (Å²) in [7, 11) is -0.854. The van der Waals surface area contributed by atoms with Crippen molar-refractivity contribution in [1.29, 1.82) is 0 Å². The smallest absolute Gasteiger partial charge is 0.244 e. The highest BCUT2D eigenvalue weighted by atomic mass is 79.9. The Kier molecular flexibility index (Phi) is 7.15. The summed E-state index contributed by atoms with van der Waals surface area (Å²) in [6.45, 7) is 1.78. The maximum Gasteiger partial charge on any atom is 0.244 e. The van der Waals surface area contributed by atoms with E-state index in [1.54, 1.807) is 13.0 Å². The number of halogens is 2. The molecule has 1 amide bonds. The van der Waals surface area contributed by atoms with Crippen molar-refractivity contribution in [3.63, 3.8) is 0 Å². The van der Waals surface area contributed by atoms with E-state index >= 15 is 0 Å². The summed E-state index contributed by atoms with van der Waals surface area (Å²) in [5.41, 5.74) is 0.374. The van der Waals surface area contributed by atoms with Gasteiger partial charge < -0.3 is 5.32 Å². The molecule has 0 fully saturated rings. The molecule has 0 aliphatic heterocycles. The molecule has 0 saturated heterocycles. The molecule has 0 spiro atoms. The summed E-state index contributed by atoms with van der Waals surface area (Å²) < 4.78 is 26.6. The zero-order valence-corrected chi connectivity index (χ0v) is 18.3. The molecule has 26 heavy (non-hydrogen) atoms. The predicted molar refractivity (Wildman–Crippen MR) is 110 cm³/mol. The lowest BCUT2D eigenvalue weighted by atomic mass is 10.3. The first kappa shape index (κ1) is 21.2. The number of amides is 1. The SMILES string of the molecule is CC(Sc1ccccc1Br)C(=O)Nc1ccc(Cl)c(S(=O)(=O)N(C)C)c1. The van der Waals surface area contributed by atoms with Gasteiger partial charge in [-0.05, 0) is 53.2 Å². The van der Waals surface area contributed by atoms with Crippen molar-refractivity contribution in [3.05, 3.63) is 52.0 Å². The molecule has 2 aromatic rings. The fourth-order valence-corrected chi connectivity index (χ4v) is 4.85. The lowest BCUT2D eigenvalue weighted by Gasteiger charge is -2.16. The third-order valence-corrected chi connectivity index (χ3v) is 7.90. The Bertz CT molecular complexity index is 920. The van der Waals surface area contributed by atoms with Crippen LogP contribution in [0.3, 0.4) is 0 Å². The minimum atomic E-state index is -3.70. The zero-order chi connectivity index (χ0) is 19.5. The Labute approximate surface area is 171 Å². The topological polar surface area (TPSA) is 66.5 Å². The maximum atomic E-state index is 12.5. The lowest BCUT2D eigenvalue weighted by Crippen LogP contribution is -2.24. The largest absolute Gasteiger partial charge is 0.325 e. The summed E-state index contributed by atoms with van der Waals surface area (Å²) in [6.07, 6.45) is 0. The van der Waals surface area contributed by atoms with Crippen LogP contribution in [-0.4, -0.2) is 38.0 Å². The molecule has 0 radical (unpaired) electrons. The van der Waals surface area contributed by atoms with Gasteiger partial charge in [0.1, 0.15) is 4.90 Å². The van der Waals surface area contributed by atoms with E-state index in [0.29, 0.717) is 5.69 Å². The number of carbonyl (C=O) groups is 1. The van der Waals surface area contributed by atoms with Crippen LogP contribution in [0.4, 0.5) is 5.69 Å². The first-order valence-electron chi connectivity index (χ1n) is 7.57. The molecule has 0 saturated carbocycles. The minimum Gasteiger partial charge on any atom is -0.325 e. The molecule has 0 aliphatic rings. The second kappa shape index (κ2) is 8.75. The molecule has 140 valence electrons. The third-order valence-electron chi connectivity index (χ3n) is 3.47. The van der Waals surface area contributed by atoms with Crippen molar-refractivity contribution in [1.82, 2.24) is 4.31 Å². The molecule has 2 rings (SSSR count). The minimum absolute atomic E-state index is 0.0481. The van der Waals surface area contributed by atoms with Crippen LogP contribution in [0.2, 0.25) is 5.02 Å². The van der Waals surface area contributed by atoms with E-state index in [4.69, 9.17) is 11.6 Å². The van der Waals surface area contributed by atoms with Crippen LogP contribution < -0.4 is 5.32 Å². The van der Waals surface area contributed by atoms with Crippen molar-refractivity contribution < 1.29 is 13.2 Å². The monoisotopic (exact) mass is 476 g/mol. The Hall–Kier alpha value is -1.06. The first-order chi connectivity index (χ1) is 12.1. The van der Waals surface area contributed by atoms with Crippen LogP contribution in [0.1, 0.15) is 6.92 Å². The Morgan fingerprint density at radius 3 is 2.50 bits per heavy atom. The van der Waals surface area contributed by atoms with E-state index < -0.39 is 10.0 Å². The van der Waals surface area contributed by atoms with E-state index in [-0.39, 0.29) is 21.1 Å². The molecule has 0 heterocycles. The van der Waals surface area contributed by atoms with Crippen LogP contribution in [0.15, 0.2) is 56.7 Å². The molecule has 5 nitrogen and oxygen atoms in total. The molecule has 0 bridgehead atoms. The Balaban J connectivity index is 2.18. The van der Waals surface area contributed by atoms with E-state index in [9.17, 15) is 13.2 Å². The zero-order valence-electron chi connectivity index (χ0n) is 14.4. The summed E-state index contributed by atoms with van der Waals surface area (Å²) >= 11 is 10.9. The van der Waals surface area contributed by atoms with Crippen LogP contribution in [0.5, 0.6) is 0 Å². The van der Waals surface area contributed by atoms with Crippen molar-refractivity contribution in [2.75, 3.05) is 19.4 Å². The Morgan fingerprint density at radius 2 is 1.88 bits per heavy atom. The van der Waals surface area contributed by atoms with Crippen molar-refractivity contribution >= 4 is 60.9 Å². The fraction of sp³-hybridized carbons (Fsp3) is 0.235. The molecule has 0 aromatic heterocycles.